The van der Waals surface area contributed by atoms with Gasteiger partial charge in [-0.2, -0.15) is 0 Å². The van der Waals surface area contributed by atoms with Crippen LogP contribution in [0.15, 0.2) is 0 Å². The summed E-state index contributed by atoms with van der Waals surface area (Å²) < 4.78 is 0. The number of hydrogen-bond donors (Lipinski definition) is 0. The van der Waals surface area contributed by atoms with Crippen molar-refractivity contribution in [3.63, 3.8) is 0 Å². The molecule has 0 radical (unpaired) electrons. The van der Waals surface area contributed by atoms with Gasteiger partial charge >= 0.3 is 51.4 Å². The van der Waals surface area contributed by atoms with Crippen LogP contribution in [-0.4, -0.2) is 0 Å². The zero-order chi connectivity index (χ0) is 0. The predicted octanol–water partition coefficient (Wildman–Crippen LogP) is -12.5. The molecule has 0 N–H and O–H groups in total. The molecule has 0 rings (SSSR count). The first-order valence-electron chi connectivity index (χ1n) is 0. The third kappa shape index (κ3) is 8.88. The van der Waals surface area contributed by atoms with Crippen LogP contribution in [0.3, 0.4) is 0 Å². The summed E-state index contributed by atoms with van der Waals surface area (Å²) in [4.78, 5) is 0. The third-order valence-corrected chi connectivity index (χ3v) is 0. The van der Waals surface area contributed by atoms with E-state index in [1.165, 1.54) is 0 Å². The molecule has 0 saturated carbocycles. The topological polar surface area (TPSA) is 0 Å². The van der Waals surface area contributed by atoms with Crippen LogP contribution in [0.25, 0.3) is 0 Å². The minimum absolute atomic E-state index is 0. The molecule has 4 heavy (non-hydrogen) atoms. The first-order chi connectivity index (χ1) is 0. The van der Waals surface area contributed by atoms with E-state index >= 15 is 0 Å². The van der Waals surface area contributed by atoms with Crippen molar-refractivity contribution in [2.45, 2.75) is 0 Å². The first-order valence-corrected chi connectivity index (χ1v) is 0. The van der Waals surface area contributed by atoms with Gasteiger partial charge in [-0.1, -0.05) is 0 Å². The Morgan fingerprint density at radius 3 is 0.750 bits per heavy atom. The summed E-state index contributed by atoms with van der Waals surface area (Å²) in [6.07, 6.45) is 0. The summed E-state index contributed by atoms with van der Waals surface area (Å²) in [6, 6.07) is 0. The Bertz CT molecular complexity index is 6.00. The second-order valence-electron chi connectivity index (χ2n) is 0. The van der Waals surface area contributed by atoms with Crippen molar-refractivity contribution >= 4 is 0 Å². The normalized spacial score (nSPS) is 0. The third-order valence-electron chi connectivity index (χ3n) is 0. The standard InChI is InChI=1S/2FH.H2I.K/h2*1H;1H2;/q;;2*+1/p-2. The largest absolute Gasteiger partial charge is 1.00 e. The van der Waals surface area contributed by atoms with Gasteiger partial charge in [-0.15, -0.1) is 0 Å². The molecular formula is H2F2IK. The van der Waals surface area contributed by atoms with Crippen LogP contribution in [0, 0.1) is 0 Å². The van der Waals surface area contributed by atoms with Crippen molar-refractivity contribution in [1.82, 2.24) is 0 Å². The Morgan fingerprint density at radius 2 is 0.750 bits per heavy atom. The maximum Gasteiger partial charge on any atom is 1.00 e. The molecule has 24 valence electrons. The van der Waals surface area contributed by atoms with Crippen LogP contribution in [0.1, 0.15) is 0 Å². The van der Waals surface area contributed by atoms with Crippen LogP contribution < -0.4 is 84.8 Å². The first kappa shape index (κ1) is 34.3. The fourth-order valence-electron chi connectivity index (χ4n) is 0. The van der Waals surface area contributed by atoms with Crippen molar-refractivity contribution in [1.29, 1.82) is 0 Å². The Labute approximate surface area is 82.9 Å². The zero-order valence-corrected chi connectivity index (χ0v) is 7.88. The van der Waals surface area contributed by atoms with Gasteiger partial charge in [-0.3, -0.25) is 0 Å². The summed E-state index contributed by atoms with van der Waals surface area (Å²) in [6.45, 7) is 0. The predicted molar refractivity (Wildman–Crippen MR) is 2.79 cm³/mol. The van der Waals surface area contributed by atoms with Crippen molar-refractivity contribution < 1.29 is 84.8 Å². The van der Waals surface area contributed by atoms with E-state index in [0.717, 1.165) is 0 Å². The van der Waals surface area contributed by atoms with E-state index in [9.17, 15) is 0 Å². The molecule has 0 fully saturated rings. The van der Waals surface area contributed by atoms with Gasteiger partial charge in [-0.25, -0.2) is 0 Å². The van der Waals surface area contributed by atoms with E-state index in [4.69, 9.17) is 0 Å². The molecular weight excluding hydrogens is 204 g/mol. The van der Waals surface area contributed by atoms with Gasteiger partial charge < -0.3 is 9.41 Å². The fraction of sp³-hybridized carbons (Fsp3) is 0. The smallest absolute Gasteiger partial charge is 1.00 e. The zero-order valence-electron chi connectivity index (χ0n) is 2.20. The van der Waals surface area contributed by atoms with Crippen LogP contribution in [-0.2, 0) is 0 Å². The minimum atomic E-state index is 0. The van der Waals surface area contributed by atoms with Gasteiger partial charge in [-0.05, 0) is 0 Å². The van der Waals surface area contributed by atoms with Gasteiger partial charge in [0.1, 0.15) is 0 Å². The molecule has 0 spiro atoms. The molecule has 0 amide bonds. The maximum atomic E-state index is 0. The maximum absolute atomic E-state index is 0. The van der Waals surface area contributed by atoms with Gasteiger partial charge in [0.2, 0.25) is 24.0 Å². The molecule has 0 bridgehead atoms. The Hall–Kier alpha value is 2.23. The number of rotatable bonds is 0. The Balaban J connectivity index is 0. The molecule has 0 aromatic carbocycles. The van der Waals surface area contributed by atoms with E-state index in [-0.39, 0.29) is 84.8 Å². The molecule has 0 aromatic rings. The number of halogens is 3. The molecule has 0 aromatic heterocycles. The van der Waals surface area contributed by atoms with Crippen LogP contribution in [0.5, 0.6) is 0 Å². The molecule has 0 unspecified atom stereocenters. The van der Waals surface area contributed by atoms with E-state index in [0.29, 0.717) is 0 Å². The van der Waals surface area contributed by atoms with Crippen molar-refractivity contribution in [3.05, 3.63) is 0 Å². The Kier molecular flexibility index (Phi) is 162. The van der Waals surface area contributed by atoms with Crippen LogP contribution in [0.2, 0.25) is 0 Å². The van der Waals surface area contributed by atoms with Gasteiger partial charge in [0.05, 0.1) is 0 Å². The molecule has 4 heteroatoms. The van der Waals surface area contributed by atoms with Crippen LogP contribution >= 0.6 is 0 Å². The van der Waals surface area contributed by atoms with Crippen molar-refractivity contribution in [2.24, 2.45) is 0 Å². The monoisotopic (exact) mass is 206 g/mol. The van der Waals surface area contributed by atoms with E-state index in [1.54, 1.807) is 0 Å². The van der Waals surface area contributed by atoms with Gasteiger partial charge in [0.15, 0.2) is 0 Å². The molecule has 0 aliphatic rings. The van der Waals surface area contributed by atoms with E-state index < -0.39 is 0 Å². The molecule has 0 aliphatic carbocycles. The summed E-state index contributed by atoms with van der Waals surface area (Å²) in [5, 5.41) is 0. The molecule has 0 heterocycles. The summed E-state index contributed by atoms with van der Waals surface area (Å²) >= 11 is 0. The molecule has 0 atom stereocenters. The van der Waals surface area contributed by atoms with Crippen molar-refractivity contribution in [3.8, 4) is 0 Å². The SMILES string of the molecule is [F-].[F-].[IH2+].[K+]. The van der Waals surface area contributed by atoms with E-state index in [2.05, 4.69) is 0 Å². The van der Waals surface area contributed by atoms with Crippen molar-refractivity contribution in [2.75, 3.05) is 0 Å². The minimum Gasteiger partial charge on any atom is -1.00 e. The molecule has 0 nitrogen and oxygen atoms in total. The molecule has 0 saturated heterocycles. The van der Waals surface area contributed by atoms with Gasteiger partial charge in [0, 0.05) is 0 Å². The summed E-state index contributed by atoms with van der Waals surface area (Å²) in [7, 11) is 0. The average molecular weight is 206 g/mol. The van der Waals surface area contributed by atoms with Crippen LogP contribution in [0.4, 0.5) is 0 Å². The summed E-state index contributed by atoms with van der Waals surface area (Å²) in [5.74, 6) is 0. The number of hydrogen-bond acceptors (Lipinski definition) is 0. The second-order valence-corrected chi connectivity index (χ2v) is 0. The Morgan fingerprint density at radius 1 is 0.750 bits per heavy atom. The second kappa shape index (κ2) is 18.8. The van der Waals surface area contributed by atoms with E-state index in [1.807, 2.05) is 0 Å². The molecule has 0 aliphatic heterocycles. The summed E-state index contributed by atoms with van der Waals surface area (Å²) in [5.41, 5.74) is 0. The fourth-order valence-corrected chi connectivity index (χ4v) is 0. The average Bonchev–Trinajstić information content (AvgIpc) is 0. The quantitative estimate of drug-likeness (QED) is 0.273. The van der Waals surface area contributed by atoms with Gasteiger partial charge in [0.25, 0.3) is 0 Å².